The van der Waals surface area contributed by atoms with Crippen molar-refractivity contribution in [2.75, 3.05) is 13.2 Å². The number of nitrogens with zero attached hydrogens (tertiary/aromatic N) is 1. The second-order valence-electron chi connectivity index (χ2n) is 4.22. The minimum Gasteiger partial charge on any atom is -0.504 e. The van der Waals surface area contributed by atoms with E-state index in [-0.39, 0.29) is 5.56 Å². The van der Waals surface area contributed by atoms with Gasteiger partial charge < -0.3 is 30.3 Å². The molecule has 0 saturated heterocycles. The van der Waals surface area contributed by atoms with E-state index in [0.717, 1.165) is 12.1 Å². The number of aliphatic hydroxyl groups excluding tert-OH is 3. The van der Waals surface area contributed by atoms with E-state index in [2.05, 4.69) is 9.91 Å². The number of benzene rings is 1. The van der Waals surface area contributed by atoms with Crippen LogP contribution in [-0.2, 0) is 4.74 Å². The van der Waals surface area contributed by atoms with Crippen molar-refractivity contribution in [3.8, 4) is 11.5 Å². The van der Waals surface area contributed by atoms with Crippen LogP contribution in [0, 0.1) is 4.91 Å². The van der Waals surface area contributed by atoms with Gasteiger partial charge in [-0.1, -0.05) is 5.18 Å². The van der Waals surface area contributed by atoms with Gasteiger partial charge in [-0.3, -0.25) is 0 Å². The summed E-state index contributed by atoms with van der Waals surface area (Å²) in [5, 5.41) is 48.5. The van der Waals surface area contributed by atoms with Crippen LogP contribution >= 0.6 is 0 Å². The number of hydrogen-bond donors (Lipinski definition) is 5. The minimum absolute atomic E-state index is 0.0841. The molecule has 1 aromatic rings. The van der Waals surface area contributed by atoms with E-state index in [1.807, 2.05) is 0 Å². The molecule has 9 heteroatoms. The Kier molecular flexibility index (Phi) is 6.03. The van der Waals surface area contributed by atoms with Crippen LogP contribution in [0.3, 0.4) is 0 Å². The molecule has 0 amide bonds. The van der Waals surface area contributed by atoms with Crippen molar-refractivity contribution in [3.63, 3.8) is 0 Å². The van der Waals surface area contributed by atoms with Gasteiger partial charge in [-0.25, -0.2) is 4.79 Å². The molecule has 0 aliphatic heterocycles. The molecule has 0 aliphatic rings. The predicted molar refractivity (Wildman–Crippen MR) is 68.7 cm³/mol. The first-order valence-electron chi connectivity index (χ1n) is 5.89. The number of hydrogen-bond acceptors (Lipinski definition) is 9. The smallest absolute Gasteiger partial charge is 0.338 e. The highest BCUT2D eigenvalue weighted by molar-refractivity contribution is 5.90. The Morgan fingerprint density at radius 3 is 2.43 bits per heavy atom. The maximum Gasteiger partial charge on any atom is 0.338 e. The quantitative estimate of drug-likeness (QED) is 0.246. The van der Waals surface area contributed by atoms with Crippen molar-refractivity contribution in [1.82, 2.24) is 0 Å². The Morgan fingerprint density at radius 2 is 1.90 bits per heavy atom. The Labute approximate surface area is 119 Å². The van der Waals surface area contributed by atoms with E-state index >= 15 is 0 Å². The predicted octanol–water partition coefficient (Wildman–Crippen LogP) is -0.896. The molecule has 0 saturated carbocycles. The molecular formula is C12H15NO8. The molecule has 9 nitrogen and oxygen atoms in total. The number of esters is 1. The molecule has 0 aliphatic carbocycles. The summed E-state index contributed by atoms with van der Waals surface area (Å²) in [6, 6.07) is 1.79. The summed E-state index contributed by atoms with van der Waals surface area (Å²) in [5.41, 5.74) is -0.0841. The number of ether oxygens (including phenoxy) is 1. The molecule has 0 aromatic heterocycles. The fraction of sp³-hybridized carbons (Fsp3) is 0.417. The Morgan fingerprint density at radius 1 is 1.24 bits per heavy atom. The molecule has 1 rings (SSSR count). The largest absolute Gasteiger partial charge is 0.504 e. The van der Waals surface area contributed by atoms with Crippen LogP contribution in [0.25, 0.3) is 0 Å². The number of carbonyl (C=O) groups is 1. The summed E-state index contributed by atoms with van der Waals surface area (Å²) < 4.78 is 4.68. The van der Waals surface area contributed by atoms with Gasteiger partial charge in [0.1, 0.15) is 24.9 Å². The van der Waals surface area contributed by atoms with Crippen LogP contribution in [0.4, 0.5) is 0 Å². The third-order valence-electron chi connectivity index (χ3n) is 2.71. The molecule has 5 N–H and O–H groups in total. The van der Waals surface area contributed by atoms with Crippen LogP contribution in [0.2, 0.25) is 0 Å². The van der Waals surface area contributed by atoms with E-state index < -0.39 is 48.9 Å². The number of aromatic hydroxyl groups is 2. The number of rotatable bonds is 7. The van der Waals surface area contributed by atoms with E-state index in [1.54, 1.807) is 0 Å². The van der Waals surface area contributed by atoms with Crippen molar-refractivity contribution in [2.45, 2.75) is 18.2 Å². The van der Waals surface area contributed by atoms with Gasteiger partial charge in [0.25, 0.3) is 0 Å². The molecule has 0 spiro atoms. The molecule has 0 bridgehead atoms. The zero-order valence-corrected chi connectivity index (χ0v) is 10.8. The number of aliphatic hydroxyl groups is 3. The van der Waals surface area contributed by atoms with Crippen molar-refractivity contribution < 1.29 is 35.1 Å². The fourth-order valence-corrected chi connectivity index (χ4v) is 1.45. The summed E-state index contributed by atoms with van der Waals surface area (Å²) >= 11 is 0. The lowest BCUT2D eigenvalue weighted by Crippen LogP contribution is -2.41. The van der Waals surface area contributed by atoms with Crippen molar-refractivity contribution in [3.05, 3.63) is 28.7 Å². The van der Waals surface area contributed by atoms with Crippen LogP contribution in [0.15, 0.2) is 23.4 Å². The summed E-state index contributed by atoms with van der Waals surface area (Å²) in [6.45, 7) is -1.41. The van der Waals surface area contributed by atoms with Gasteiger partial charge in [0, 0.05) is 0 Å². The third kappa shape index (κ3) is 4.38. The van der Waals surface area contributed by atoms with Gasteiger partial charge in [0.15, 0.2) is 11.5 Å². The number of nitroso groups, excluding NO2 is 1. The highest BCUT2D eigenvalue weighted by atomic mass is 16.5. The van der Waals surface area contributed by atoms with E-state index in [4.69, 9.17) is 10.2 Å². The van der Waals surface area contributed by atoms with E-state index in [9.17, 15) is 25.0 Å². The maximum absolute atomic E-state index is 11.6. The van der Waals surface area contributed by atoms with Crippen molar-refractivity contribution >= 4 is 5.97 Å². The molecule has 0 radical (unpaired) electrons. The lowest BCUT2D eigenvalue weighted by Gasteiger charge is -2.20. The van der Waals surface area contributed by atoms with E-state index in [0.29, 0.717) is 0 Å². The molecule has 3 unspecified atom stereocenters. The van der Waals surface area contributed by atoms with Crippen LogP contribution in [0.1, 0.15) is 10.4 Å². The van der Waals surface area contributed by atoms with Gasteiger partial charge in [0.2, 0.25) is 0 Å². The van der Waals surface area contributed by atoms with Gasteiger partial charge in [0.05, 0.1) is 12.2 Å². The summed E-state index contributed by atoms with van der Waals surface area (Å²) in [7, 11) is 0. The molecule has 21 heavy (non-hydrogen) atoms. The first-order valence-corrected chi connectivity index (χ1v) is 5.89. The number of phenols is 2. The highest BCUT2D eigenvalue weighted by Gasteiger charge is 2.28. The van der Waals surface area contributed by atoms with Crippen LogP contribution < -0.4 is 0 Å². The normalized spacial score (nSPS) is 15.0. The van der Waals surface area contributed by atoms with Gasteiger partial charge in [-0.2, -0.15) is 4.91 Å². The maximum atomic E-state index is 11.6. The zero-order chi connectivity index (χ0) is 16.0. The Balaban J connectivity index is 2.59. The average molecular weight is 301 g/mol. The molecule has 0 fully saturated rings. The fourth-order valence-electron chi connectivity index (χ4n) is 1.45. The van der Waals surface area contributed by atoms with Crippen molar-refractivity contribution in [1.29, 1.82) is 0 Å². The number of carbonyl (C=O) groups excluding carboxylic acids is 1. The highest BCUT2D eigenvalue weighted by Crippen LogP contribution is 2.25. The standard InChI is InChI=1S/C12H15NO8/c14-4-7(13-20)11(18)10(17)5-21-12(19)6-1-2-8(15)9(16)3-6/h1-3,7,10-11,14-18H,4-5H2. The van der Waals surface area contributed by atoms with Crippen molar-refractivity contribution in [2.24, 2.45) is 5.18 Å². The molecule has 116 valence electrons. The SMILES string of the molecule is O=NC(CO)C(O)C(O)COC(=O)c1ccc(O)c(O)c1. The summed E-state index contributed by atoms with van der Waals surface area (Å²) in [6.07, 6.45) is -3.30. The van der Waals surface area contributed by atoms with Crippen LogP contribution in [-0.4, -0.2) is 63.0 Å². The Hall–Kier alpha value is -2.23. The average Bonchev–Trinajstić information content (AvgIpc) is 2.48. The topological polar surface area (TPSA) is 157 Å². The monoisotopic (exact) mass is 301 g/mol. The lowest BCUT2D eigenvalue weighted by atomic mass is 10.1. The van der Waals surface area contributed by atoms with E-state index in [1.165, 1.54) is 6.07 Å². The number of phenolic OH excluding ortho intramolecular Hbond substituents is 2. The second-order valence-corrected chi connectivity index (χ2v) is 4.22. The molecular weight excluding hydrogens is 286 g/mol. The first-order chi connectivity index (χ1) is 9.90. The lowest BCUT2D eigenvalue weighted by molar-refractivity contribution is -0.0423. The second kappa shape index (κ2) is 7.53. The third-order valence-corrected chi connectivity index (χ3v) is 2.71. The van der Waals surface area contributed by atoms with Gasteiger partial charge in [-0.05, 0) is 18.2 Å². The van der Waals surface area contributed by atoms with Gasteiger partial charge >= 0.3 is 5.97 Å². The van der Waals surface area contributed by atoms with Crippen LogP contribution in [0.5, 0.6) is 11.5 Å². The minimum atomic E-state index is -1.69. The summed E-state index contributed by atoms with van der Waals surface area (Å²) in [4.78, 5) is 21.9. The molecule has 1 aromatic carbocycles. The molecule has 0 heterocycles. The zero-order valence-electron chi connectivity index (χ0n) is 10.8. The van der Waals surface area contributed by atoms with Gasteiger partial charge in [-0.15, -0.1) is 0 Å². The summed E-state index contributed by atoms with van der Waals surface area (Å²) in [5.74, 6) is -1.85. The Bertz CT molecular complexity index is 506. The molecule has 3 atom stereocenters. The first kappa shape index (κ1) is 16.8.